The van der Waals surface area contributed by atoms with Gasteiger partial charge in [0, 0.05) is 23.2 Å². The van der Waals surface area contributed by atoms with Crippen LogP contribution in [0.2, 0.25) is 0 Å². The van der Waals surface area contributed by atoms with Crippen LogP contribution in [0.25, 0.3) is 0 Å². The number of nitrogens with two attached hydrogens (primary N) is 1. The molecule has 0 spiro atoms. The number of aromatic nitrogens is 1. The van der Waals surface area contributed by atoms with E-state index in [4.69, 9.17) is 5.73 Å². The van der Waals surface area contributed by atoms with Gasteiger partial charge in [-0.15, -0.1) is 0 Å². The van der Waals surface area contributed by atoms with E-state index in [9.17, 15) is 4.79 Å². The number of pyridine rings is 1. The molecule has 0 aliphatic rings. The van der Waals surface area contributed by atoms with Crippen LogP contribution in [-0.2, 0) is 5.41 Å². The number of nitrogens with one attached hydrogen (secondary N) is 1. The van der Waals surface area contributed by atoms with Crippen molar-refractivity contribution in [3.8, 4) is 0 Å². The summed E-state index contributed by atoms with van der Waals surface area (Å²) < 4.78 is 0. The van der Waals surface area contributed by atoms with Crippen molar-refractivity contribution >= 4 is 11.7 Å². The van der Waals surface area contributed by atoms with E-state index >= 15 is 0 Å². The van der Waals surface area contributed by atoms with E-state index in [0.29, 0.717) is 11.4 Å². The number of nitrogens with zero attached hydrogens (tertiary/aromatic N) is 1. The summed E-state index contributed by atoms with van der Waals surface area (Å²) in [4.78, 5) is 15.7. The first-order valence-corrected chi connectivity index (χ1v) is 5.41. The fourth-order valence-electron chi connectivity index (χ4n) is 1.33. The lowest BCUT2D eigenvalue weighted by atomic mass is 9.90. The van der Waals surface area contributed by atoms with Gasteiger partial charge in [0.25, 0.3) is 0 Å². The smallest absolute Gasteiger partial charge is 0.248 e. The van der Waals surface area contributed by atoms with E-state index in [1.165, 1.54) is 0 Å². The molecule has 1 heterocycles. The van der Waals surface area contributed by atoms with Gasteiger partial charge in [0.15, 0.2) is 0 Å². The fourth-order valence-corrected chi connectivity index (χ4v) is 1.33. The van der Waals surface area contributed by atoms with E-state index in [0.717, 1.165) is 12.2 Å². The molecule has 0 aliphatic heterocycles. The van der Waals surface area contributed by atoms with Gasteiger partial charge in [0.05, 0.1) is 0 Å². The fraction of sp³-hybridized carbons (Fsp3) is 0.500. The van der Waals surface area contributed by atoms with Crippen LogP contribution in [-0.4, -0.2) is 17.4 Å². The van der Waals surface area contributed by atoms with Crippen LogP contribution >= 0.6 is 0 Å². The first-order chi connectivity index (χ1) is 7.34. The quantitative estimate of drug-likeness (QED) is 0.819. The largest absolute Gasteiger partial charge is 0.370 e. The minimum absolute atomic E-state index is 0.102. The lowest BCUT2D eigenvalue weighted by Crippen LogP contribution is -2.18. The molecule has 1 amide bonds. The molecule has 0 unspecified atom stereocenters. The molecule has 16 heavy (non-hydrogen) atoms. The highest BCUT2D eigenvalue weighted by molar-refractivity contribution is 5.93. The number of amides is 1. The van der Waals surface area contributed by atoms with Crippen LogP contribution in [0.1, 0.15) is 43.7 Å². The van der Waals surface area contributed by atoms with Crippen molar-refractivity contribution in [2.75, 3.05) is 11.9 Å². The number of carbonyl (C=O) groups is 1. The van der Waals surface area contributed by atoms with E-state index in [-0.39, 0.29) is 5.41 Å². The van der Waals surface area contributed by atoms with Gasteiger partial charge < -0.3 is 11.1 Å². The van der Waals surface area contributed by atoms with Crippen molar-refractivity contribution < 1.29 is 4.79 Å². The lowest BCUT2D eigenvalue weighted by molar-refractivity contribution is 0.1000. The van der Waals surface area contributed by atoms with Crippen LogP contribution in [0.4, 0.5) is 5.82 Å². The summed E-state index contributed by atoms with van der Waals surface area (Å²) in [6.45, 7) is 8.90. The Labute approximate surface area is 96.3 Å². The van der Waals surface area contributed by atoms with Crippen molar-refractivity contribution in [3.63, 3.8) is 0 Å². The van der Waals surface area contributed by atoms with Gasteiger partial charge in [-0.05, 0) is 19.1 Å². The van der Waals surface area contributed by atoms with Crippen molar-refractivity contribution in [3.05, 3.63) is 23.4 Å². The Bertz CT molecular complexity index is 394. The molecule has 0 atom stereocenters. The number of hydrogen-bond donors (Lipinski definition) is 2. The first kappa shape index (κ1) is 12.5. The third-order valence-electron chi connectivity index (χ3n) is 2.24. The Morgan fingerprint density at radius 3 is 2.50 bits per heavy atom. The molecule has 1 aromatic rings. The second-order valence-electron chi connectivity index (χ2n) is 4.77. The third-order valence-corrected chi connectivity index (χ3v) is 2.24. The second kappa shape index (κ2) is 4.51. The zero-order valence-electron chi connectivity index (χ0n) is 10.3. The van der Waals surface area contributed by atoms with E-state index in [2.05, 4.69) is 31.1 Å². The van der Waals surface area contributed by atoms with Gasteiger partial charge in [-0.3, -0.25) is 4.79 Å². The molecule has 3 N–H and O–H groups in total. The molecule has 0 aliphatic carbocycles. The van der Waals surface area contributed by atoms with Crippen LogP contribution in [0, 0.1) is 0 Å². The summed E-state index contributed by atoms with van der Waals surface area (Å²) in [5.74, 6) is 0.274. The second-order valence-corrected chi connectivity index (χ2v) is 4.77. The summed E-state index contributed by atoms with van der Waals surface area (Å²) in [5.41, 5.74) is 6.55. The molecule has 0 saturated carbocycles. The maximum Gasteiger partial charge on any atom is 0.248 e. The predicted octanol–water partition coefficient (Wildman–Crippen LogP) is 1.91. The molecule has 0 bridgehead atoms. The number of primary amides is 1. The summed E-state index contributed by atoms with van der Waals surface area (Å²) in [7, 11) is 0. The Hall–Kier alpha value is -1.58. The Morgan fingerprint density at radius 2 is 2.06 bits per heavy atom. The molecule has 88 valence electrons. The highest BCUT2D eigenvalue weighted by atomic mass is 16.1. The van der Waals surface area contributed by atoms with Crippen molar-refractivity contribution in [2.24, 2.45) is 5.73 Å². The summed E-state index contributed by atoms with van der Waals surface area (Å²) in [6, 6.07) is 3.43. The van der Waals surface area contributed by atoms with Crippen LogP contribution in [0.15, 0.2) is 12.1 Å². The summed E-state index contributed by atoms with van der Waals surface area (Å²) in [5, 5.41) is 3.10. The normalized spacial score (nSPS) is 11.2. The molecule has 4 heteroatoms. The van der Waals surface area contributed by atoms with Gasteiger partial charge in [0.1, 0.15) is 5.82 Å². The summed E-state index contributed by atoms with van der Waals surface area (Å²) in [6.07, 6.45) is 0. The van der Waals surface area contributed by atoms with Gasteiger partial charge >= 0.3 is 0 Å². The van der Waals surface area contributed by atoms with E-state index < -0.39 is 5.91 Å². The Balaban J connectivity index is 3.24. The number of rotatable bonds is 3. The highest BCUT2D eigenvalue weighted by Crippen LogP contribution is 2.23. The molecule has 1 rings (SSSR count). The predicted molar refractivity (Wildman–Crippen MR) is 65.6 cm³/mol. The Kier molecular flexibility index (Phi) is 3.52. The zero-order chi connectivity index (χ0) is 12.3. The zero-order valence-corrected chi connectivity index (χ0v) is 10.3. The van der Waals surface area contributed by atoms with Crippen LogP contribution in [0.5, 0.6) is 0 Å². The average molecular weight is 221 g/mol. The SMILES string of the molecule is CCNc1cc(C(N)=O)cc(C(C)(C)C)n1. The Morgan fingerprint density at radius 1 is 1.44 bits per heavy atom. The van der Waals surface area contributed by atoms with Gasteiger partial charge in [-0.1, -0.05) is 20.8 Å². The van der Waals surface area contributed by atoms with Crippen molar-refractivity contribution in [1.82, 2.24) is 4.98 Å². The lowest BCUT2D eigenvalue weighted by Gasteiger charge is -2.19. The van der Waals surface area contributed by atoms with Crippen LogP contribution < -0.4 is 11.1 Å². The minimum Gasteiger partial charge on any atom is -0.370 e. The van der Waals surface area contributed by atoms with Crippen molar-refractivity contribution in [1.29, 1.82) is 0 Å². The molecule has 4 nitrogen and oxygen atoms in total. The molecule has 0 saturated heterocycles. The maximum atomic E-state index is 11.2. The van der Waals surface area contributed by atoms with Gasteiger partial charge in [-0.2, -0.15) is 0 Å². The summed E-state index contributed by atoms with van der Waals surface area (Å²) >= 11 is 0. The molecule has 0 aromatic carbocycles. The number of anilines is 1. The first-order valence-electron chi connectivity index (χ1n) is 5.41. The monoisotopic (exact) mass is 221 g/mol. The molecule has 1 aromatic heterocycles. The number of hydrogen-bond acceptors (Lipinski definition) is 3. The van der Waals surface area contributed by atoms with E-state index in [1.807, 2.05) is 6.92 Å². The standard InChI is InChI=1S/C12H19N3O/c1-5-14-10-7-8(11(13)16)6-9(15-10)12(2,3)4/h6-7H,5H2,1-4H3,(H2,13,16)(H,14,15). The van der Waals surface area contributed by atoms with Gasteiger partial charge in [0.2, 0.25) is 5.91 Å². The topological polar surface area (TPSA) is 68.0 Å². The minimum atomic E-state index is -0.424. The van der Waals surface area contributed by atoms with Gasteiger partial charge in [-0.25, -0.2) is 4.98 Å². The maximum absolute atomic E-state index is 11.2. The highest BCUT2D eigenvalue weighted by Gasteiger charge is 2.18. The molecular weight excluding hydrogens is 202 g/mol. The third kappa shape index (κ3) is 2.95. The van der Waals surface area contributed by atoms with Crippen LogP contribution in [0.3, 0.4) is 0 Å². The van der Waals surface area contributed by atoms with Crippen molar-refractivity contribution in [2.45, 2.75) is 33.1 Å². The number of carbonyl (C=O) groups excluding carboxylic acids is 1. The molecule has 0 fully saturated rings. The molecular formula is C12H19N3O. The van der Waals surface area contributed by atoms with E-state index in [1.54, 1.807) is 12.1 Å². The average Bonchev–Trinajstić information content (AvgIpc) is 2.16. The molecule has 0 radical (unpaired) electrons.